The van der Waals surface area contributed by atoms with Crippen LogP contribution >= 0.6 is 11.6 Å². The van der Waals surface area contributed by atoms with Gasteiger partial charge >= 0.3 is 0 Å². The van der Waals surface area contributed by atoms with Gasteiger partial charge in [0, 0.05) is 11.6 Å². The molecule has 0 bridgehead atoms. The zero-order valence-corrected chi connectivity index (χ0v) is 10.5. The summed E-state index contributed by atoms with van der Waals surface area (Å²) in [6, 6.07) is 7.22. The van der Waals surface area contributed by atoms with Gasteiger partial charge in [-0.05, 0) is 37.0 Å². The lowest BCUT2D eigenvalue weighted by Crippen LogP contribution is -1.99. The fourth-order valence-electron chi connectivity index (χ4n) is 1.69. The van der Waals surface area contributed by atoms with Crippen molar-refractivity contribution in [3.63, 3.8) is 0 Å². The van der Waals surface area contributed by atoms with Crippen LogP contribution in [0.2, 0.25) is 5.02 Å². The standard InChI is InChI=1S/C13H13ClN2O2/c14-10-5-9(11-6-13(15)18-16-11)3-4-12(10)17-7-8-1-2-8/h3-6,8H,1-2,7,15H2. The molecule has 1 fully saturated rings. The van der Waals surface area contributed by atoms with Crippen LogP contribution in [0.4, 0.5) is 5.88 Å². The van der Waals surface area contributed by atoms with Crippen molar-refractivity contribution in [2.24, 2.45) is 5.92 Å². The molecular weight excluding hydrogens is 252 g/mol. The summed E-state index contributed by atoms with van der Waals surface area (Å²) >= 11 is 6.18. The van der Waals surface area contributed by atoms with Gasteiger partial charge in [-0.15, -0.1) is 0 Å². The normalized spacial score (nSPS) is 14.7. The molecule has 0 amide bonds. The van der Waals surface area contributed by atoms with Crippen molar-refractivity contribution in [1.29, 1.82) is 0 Å². The van der Waals surface area contributed by atoms with E-state index in [0.717, 1.165) is 12.2 Å². The Labute approximate surface area is 110 Å². The van der Waals surface area contributed by atoms with Crippen molar-refractivity contribution < 1.29 is 9.26 Å². The molecule has 1 aliphatic rings. The van der Waals surface area contributed by atoms with Gasteiger partial charge in [-0.2, -0.15) is 0 Å². The number of aromatic nitrogens is 1. The highest BCUT2D eigenvalue weighted by atomic mass is 35.5. The highest BCUT2D eigenvalue weighted by molar-refractivity contribution is 6.32. The maximum Gasteiger partial charge on any atom is 0.222 e. The third-order valence-electron chi connectivity index (χ3n) is 2.93. The summed E-state index contributed by atoms with van der Waals surface area (Å²) in [5, 5.41) is 4.42. The van der Waals surface area contributed by atoms with E-state index in [1.807, 2.05) is 12.1 Å². The molecule has 94 valence electrons. The van der Waals surface area contributed by atoms with Crippen molar-refractivity contribution in [2.75, 3.05) is 12.3 Å². The van der Waals surface area contributed by atoms with Crippen LogP contribution in [0.1, 0.15) is 12.8 Å². The zero-order chi connectivity index (χ0) is 12.5. The van der Waals surface area contributed by atoms with Crippen LogP contribution in [0, 0.1) is 5.92 Å². The third-order valence-corrected chi connectivity index (χ3v) is 3.22. The molecule has 0 unspecified atom stereocenters. The zero-order valence-electron chi connectivity index (χ0n) is 9.73. The van der Waals surface area contributed by atoms with Gasteiger partial charge in [-0.1, -0.05) is 16.8 Å². The van der Waals surface area contributed by atoms with Crippen molar-refractivity contribution in [2.45, 2.75) is 12.8 Å². The van der Waals surface area contributed by atoms with E-state index in [2.05, 4.69) is 5.16 Å². The lowest BCUT2D eigenvalue weighted by atomic mass is 10.1. The molecule has 0 aliphatic heterocycles. The molecule has 0 saturated heterocycles. The molecule has 1 aliphatic carbocycles. The molecule has 0 atom stereocenters. The van der Waals surface area contributed by atoms with E-state index in [9.17, 15) is 0 Å². The van der Waals surface area contributed by atoms with Gasteiger partial charge in [0.1, 0.15) is 11.4 Å². The predicted molar refractivity (Wildman–Crippen MR) is 69.6 cm³/mol. The van der Waals surface area contributed by atoms with Crippen LogP contribution in [0.25, 0.3) is 11.3 Å². The molecule has 0 spiro atoms. The number of nitrogen functional groups attached to an aromatic ring is 1. The van der Waals surface area contributed by atoms with Crippen molar-refractivity contribution in [1.82, 2.24) is 5.16 Å². The molecule has 1 saturated carbocycles. The van der Waals surface area contributed by atoms with E-state index in [1.54, 1.807) is 12.1 Å². The Kier molecular flexibility index (Phi) is 2.88. The summed E-state index contributed by atoms with van der Waals surface area (Å²) in [6.45, 7) is 0.746. The smallest absolute Gasteiger partial charge is 0.222 e. The first-order valence-corrected chi connectivity index (χ1v) is 6.25. The Morgan fingerprint density at radius 3 is 2.83 bits per heavy atom. The van der Waals surface area contributed by atoms with Crippen LogP contribution in [0.3, 0.4) is 0 Å². The number of hydrogen-bond acceptors (Lipinski definition) is 4. The largest absolute Gasteiger partial charge is 0.492 e. The van der Waals surface area contributed by atoms with Crippen LogP contribution in [0.5, 0.6) is 5.75 Å². The number of halogens is 1. The molecule has 2 aromatic rings. The Balaban J connectivity index is 1.79. The first kappa shape index (κ1) is 11.4. The lowest BCUT2D eigenvalue weighted by molar-refractivity contribution is 0.300. The third kappa shape index (κ3) is 2.43. The Hall–Kier alpha value is -1.68. The van der Waals surface area contributed by atoms with Gasteiger partial charge in [0.25, 0.3) is 0 Å². The monoisotopic (exact) mass is 264 g/mol. The topological polar surface area (TPSA) is 61.3 Å². The van der Waals surface area contributed by atoms with E-state index in [0.29, 0.717) is 22.4 Å². The Morgan fingerprint density at radius 2 is 2.22 bits per heavy atom. The summed E-state index contributed by atoms with van der Waals surface area (Å²) in [5.41, 5.74) is 7.01. The van der Waals surface area contributed by atoms with Crippen LogP contribution < -0.4 is 10.5 Å². The molecule has 5 heteroatoms. The molecule has 1 aromatic carbocycles. The minimum absolute atomic E-state index is 0.287. The summed E-state index contributed by atoms with van der Waals surface area (Å²) < 4.78 is 10.5. The van der Waals surface area contributed by atoms with Gasteiger partial charge in [-0.3, -0.25) is 0 Å². The van der Waals surface area contributed by atoms with E-state index < -0.39 is 0 Å². The van der Waals surface area contributed by atoms with Gasteiger partial charge in [0.05, 0.1) is 11.6 Å². The minimum atomic E-state index is 0.287. The lowest BCUT2D eigenvalue weighted by Gasteiger charge is -2.07. The second-order valence-electron chi connectivity index (χ2n) is 4.51. The number of nitrogens with zero attached hydrogens (tertiary/aromatic N) is 1. The van der Waals surface area contributed by atoms with E-state index in [1.165, 1.54) is 12.8 Å². The van der Waals surface area contributed by atoms with Crippen LogP contribution in [0.15, 0.2) is 28.8 Å². The van der Waals surface area contributed by atoms with Gasteiger partial charge in [0.2, 0.25) is 5.88 Å². The number of benzene rings is 1. The molecule has 1 heterocycles. The Morgan fingerprint density at radius 1 is 1.39 bits per heavy atom. The number of nitrogens with two attached hydrogens (primary N) is 1. The van der Waals surface area contributed by atoms with Crippen molar-refractivity contribution in [3.8, 4) is 17.0 Å². The average Bonchev–Trinajstić information content (AvgIpc) is 3.08. The fraction of sp³-hybridized carbons (Fsp3) is 0.308. The summed E-state index contributed by atoms with van der Waals surface area (Å²) in [7, 11) is 0. The second-order valence-corrected chi connectivity index (χ2v) is 4.92. The maximum absolute atomic E-state index is 6.18. The van der Waals surface area contributed by atoms with Crippen molar-refractivity contribution in [3.05, 3.63) is 29.3 Å². The highest BCUT2D eigenvalue weighted by Gasteiger charge is 2.22. The first-order chi connectivity index (χ1) is 8.72. The van der Waals surface area contributed by atoms with Gasteiger partial charge < -0.3 is 15.0 Å². The fourth-order valence-corrected chi connectivity index (χ4v) is 1.93. The van der Waals surface area contributed by atoms with Crippen molar-refractivity contribution >= 4 is 17.5 Å². The first-order valence-electron chi connectivity index (χ1n) is 5.87. The molecular formula is C13H13ClN2O2. The Bertz CT molecular complexity index is 564. The van der Waals surface area contributed by atoms with E-state index in [4.69, 9.17) is 26.6 Å². The van der Waals surface area contributed by atoms with Gasteiger partial charge in [-0.25, -0.2) is 0 Å². The molecule has 0 radical (unpaired) electrons. The molecule has 1 aromatic heterocycles. The quantitative estimate of drug-likeness (QED) is 0.920. The van der Waals surface area contributed by atoms with Crippen LogP contribution in [-0.4, -0.2) is 11.8 Å². The van der Waals surface area contributed by atoms with E-state index in [-0.39, 0.29) is 5.88 Å². The summed E-state index contributed by atoms with van der Waals surface area (Å²) in [4.78, 5) is 0. The predicted octanol–water partition coefficient (Wildman–Crippen LogP) is 3.37. The second kappa shape index (κ2) is 4.53. The van der Waals surface area contributed by atoms with Crippen LogP contribution in [-0.2, 0) is 0 Å². The van der Waals surface area contributed by atoms with Gasteiger partial charge in [0.15, 0.2) is 0 Å². The number of ether oxygens (including phenoxy) is 1. The number of rotatable bonds is 4. The highest BCUT2D eigenvalue weighted by Crippen LogP contribution is 2.33. The minimum Gasteiger partial charge on any atom is -0.492 e. The number of hydrogen-bond donors (Lipinski definition) is 1. The maximum atomic E-state index is 6.18. The molecule has 4 nitrogen and oxygen atoms in total. The molecule has 3 rings (SSSR count). The van der Waals surface area contributed by atoms with E-state index >= 15 is 0 Å². The molecule has 2 N–H and O–H groups in total. The summed E-state index contributed by atoms with van der Waals surface area (Å²) in [6.07, 6.45) is 2.52. The number of anilines is 1. The summed E-state index contributed by atoms with van der Waals surface area (Å²) in [5.74, 6) is 1.70. The average molecular weight is 265 g/mol. The SMILES string of the molecule is Nc1cc(-c2ccc(OCC3CC3)c(Cl)c2)no1. The molecule has 18 heavy (non-hydrogen) atoms.